The van der Waals surface area contributed by atoms with Crippen molar-refractivity contribution < 1.29 is 0 Å². The lowest BCUT2D eigenvalue weighted by Gasteiger charge is -2.24. The quantitative estimate of drug-likeness (QED) is 0.174. The van der Waals surface area contributed by atoms with E-state index in [1.807, 2.05) is 0 Å². The number of aryl methyl sites for hydroxylation is 3. The molecule has 8 aromatic rings. The van der Waals surface area contributed by atoms with Crippen LogP contribution in [0.15, 0.2) is 157 Å². The maximum Gasteiger partial charge on any atom is 0.0547 e. The highest BCUT2D eigenvalue weighted by atomic mass is 15.0. The molecule has 6 aromatic carbocycles. The van der Waals surface area contributed by atoms with Gasteiger partial charge in [-0.3, -0.25) is 0 Å². The zero-order chi connectivity index (χ0) is 35.9. The van der Waals surface area contributed by atoms with Crippen molar-refractivity contribution >= 4 is 38.8 Å². The molecule has 2 aromatic heterocycles. The van der Waals surface area contributed by atoms with Crippen molar-refractivity contribution in [3.8, 4) is 33.6 Å². The van der Waals surface area contributed by atoms with Crippen LogP contribution in [0, 0.1) is 12.8 Å². The highest BCUT2D eigenvalue weighted by molar-refractivity contribution is 6.12. The van der Waals surface area contributed by atoms with E-state index in [-0.39, 0.29) is 0 Å². The number of para-hydroxylation sites is 2. The number of hydrogen-bond donors (Lipinski definition) is 0. The van der Waals surface area contributed by atoms with Gasteiger partial charge in [-0.05, 0) is 162 Å². The molecule has 0 aliphatic heterocycles. The first kappa shape index (κ1) is 31.4. The minimum absolute atomic E-state index is 0.562. The fourth-order valence-electron chi connectivity index (χ4n) is 9.85. The number of nitrogens with zero attached hydrogens (tertiary/aromatic N) is 2. The molecular weight excluding hydrogens is 653 g/mol. The van der Waals surface area contributed by atoms with Gasteiger partial charge in [0.05, 0.1) is 16.6 Å². The van der Waals surface area contributed by atoms with Crippen molar-refractivity contribution in [1.29, 1.82) is 0 Å². The standard InChI is InChI=1S/C52H42N2/c1-33-13-9-11-19-41(33)35-23-25-49-45(27-35)47-29-37-21-22-38-30-48-46-28-36(42-20-12-10-14-34(42)2)24-26-50(46)54(40-17-7-4-8-18-40)52(48)32-44(38)43(37)31-51(47)53(49)39-15-5-3-6-16-39/h3-13,15-20,23,25,27-32,34H,14,21-22,24,26H2,1-2H3. The first-order chi connectivity index (χ1) is 26.6. The zero-order valence-electron chi connectivity index (χ0n) is 30.9. The van der Waals surface area contributed by atoms with Crippen LogP contribution in [0.1, 0.15) is 47.7 Å². The lowest BCUT2D eigenvalue weighted by Crippen LogP contribution is -2.10. The molecule has 0 fully saturated rings. The molecule has 54 heavy (non-hydrogen) atoms. The molecule has 1 unspecified atom stereocenters. The lowest BCUT2D eigenvalue weighted by molar-refractivity contribution is 0.681. The van der Waals surface area contributed by atoms with Gasteiger partial charge in [0, 0.05) is 38.8 Å². The van der Waals surface area contributed by atoms with Gasteiger partial charge >= 0.3 is 0 Å². The van der Waals surface area contributed by atoms with Crippen LogP contribution in [0.2, 0.25) is 0 Å². The van der Waals surface area contributed by atoms with E-state index < -0.39 is 0 Å². The summed E-state index contributed by atoms with van der Waals surface area (Å²) in [5.74, 6) is 0.562. The average molecular weight is 695 g/mol. The number of allylic oxidation sites excluding steroid dienone is 5. The molecule has 0 saturated carbocycles. The second-order valence-electron chi connectivity index (χ2n) is 15.7. The summed E-state index contributed by atoms with van der Waals surface area (Å²) in [6.45, 7) is 4.59. The second-order valence-corrected chi connectivity index (χ2v) is 15.7. The maximum absolute atomic E-state index is 2.57. The van der Waals surface area contributed by atoms with Crippen molar-refractivity contribution in [2.75, 3.05) is 0 Å². The van der Waals surface area contributed by atoms with E-state index in [1.165, 1.54) is 105 Å². The van der Waals surface area contributed by atoms with Gasteiger partial charge in [0.2, 0.25) is 0 Å². The molecule has 2 heterocycles. The van der Waals surface area contributed by atoms with E-state index in [4.69, 9.17) is 0 Å². The topological polar surface area (TPSA) is 9.86 Å². The largest absolute Gasteiger partial charge is 0.313 e. The number of aromatic nitrogens is 2. The Morgan fingerprint density at radius 1 is 0.556 bits per heavy atom. The minimum Gasteiger partial charge on any atom is -0.313 e. The van der Waals surface area contributed by atoms with E-state index in [2.05, 4.69) is 175 Å². The fraction of sp³-hybridized carbons (Fsp3) is 0.154. The van der Waals surface area contributed by atoms with Crippen LogP contribution in [0.5, 0.6) is 0 Å². The molecule has 0 amide bonds. The van der Waals surface area contributed by atoms with Crippen LogP contribution < -0.4 is 0 Å². The third kappa shape index (κ3) is 4.79. The minimum atomic E-state index is 0.562. The van der Waals surface area contributed by atoms with Gasteiger partial charge in [0.25, 0.3) is 0 Å². The normalized spacial score (nSPS) is 16.3. The molecule has 0 bridgehead atoms. The van der Waals surface area contributed by atoms with E-state index >= 15 is 0 Å². The van der Waals surface area contributed by atoms with Crippen LogP contribution in [0.4, 0.5) is 0 Å². The SMILES string of the molecule is Cc1ccccc1-c1ccc2c(c1)c1cc3c(cc1n2-c1ccccc1)-c1cc2c(cc1CC3)c1c(n2-c2ccccc2)CCC(C2=CC=CCC2C)=C1. The number of hydrogen-bond acceptors (Lipinski definition) is 0. The third-order valence-electron chi connectivity index (χ3n) is 12.5. The Bertz CT molecular complexity index is 2910. The van der Waals surface area contributed by atoms with Crippen molar-refractivity contribution in [2.24, 2.45) is 5.92 Å². The Hall–Kier alpha value is -6.12. The summed E-state index contributed by atoms with van der Waals surface area (Å²) >= 11 is 0. The second kappa shape index (κ2) is 12.2. The molecule has 2 heteroatoms. The van der Waals surface area contributed by atoms with Crippen molar-refractivity contribution in [1.82, 2.24) is 9.13 Å². The van der Waals surface area contributed by atoms with Gasteiger partial charge in [-0.1, -0.05) is 91.9 Å². The van der Waals surface area contributed by atoms with E-state index in [9.17, 15) is 0 Å². The van der Waals surface area contributed by atoms with E-state index in [0.717, 1.165) is 32.1 Å². The predicted molar refractivity (Wildman–Crippen MR) is 228 cm³/mol. The summed E-state index contributed by atoms with van der Waals surface area (Å²) in [6, 6.07) is 47.8. The third-order valence-corrected chi connectivity index (χ3v) is 12.5. The molecule has 11 rings (SSSR count). The Morgan fingerprint density at radius 3 is 1.93 bits per heavy atom. The molecule has 0 saturated heterocycles. The van der Waals surface area contributed by atoms with Gasteiger partial charge in [0.15, 0.2) is 0 Å². The fourth-order valence-corrected chi connectivity index (χ4v) is 9.85. The highest BCUT2D eigenvalue weighted by Gasteiger charge is 2.28. The highest BCUT2D eigenvalue weighted by Crippen LogP contribution is 2.46. The van der Waals surface area contributed by atoms with Gasteiger partial charge in [-0.15, -0.1) is 0 Å². The lowest BCUT2D eigenvalue weighted by atomic mass is 9.81. The van der Waals surface area contributed by atoms with Crippen molar-refractivity contribution in [3.05, 3.63) is 185 Å². The number of benzene rings is 6. The average Bonchev–Trinajstić information content (AvgIpc) is 3.71. The molecule has 3 aliphatic rings. The smallest absolute Gasteiger partial charge is 0.0547 e. The Balaban J connectivity index is 1.15. The summed E-state index contributed by atoms with van der Waals surface area (Å²) in [6.07, 6.45) is 14.8. The van der Waals surface area contributed by atoms with Crippen LogP contribution in [-0.2, 0) is 19.3 Å². The zero-order valence-corrected chi connectivity index (χ0v) is 30.9. The predicted octanol–water partition coefficient (Wildman–Crippen LogP) is 13.3. The Kier molecular flexibility index (Phi) is 7.11. The van der Waals surface area contributed by atoms with Crippen molar-refractivity contribution in [3.63, 3.8) is 0 Å². The first-order valence-electron chi connectivity index (χ1n) is 19.7. The molecule has 2 nitrogen and oxygen atoms in total. The molecule has 0 radical (unpaired) electrons. The van der Waals surface area contributed by atoms with Crippen LogP contribution >= 0.6 is 0 Å². The molecular formula is C52H42N2. The Labute approximate surface area is 317 Å². The molecule has 1 atom stereocenters. The van der Waals surface area contributed by atoms with Gasteiger partial charge in [0.1, 0.15) is 0 Å². The summed E-state index contributed by atoms with van der Waals surface area (Å²) in [4.78, 5) is 0. The summed E-state index contributed by atoms with van der Waals surface area (Å²) < 4.78 is 5.05. The van der Waals surface area contributed by atoms with Crippen molar-refractivity contribution in [2.45, 2.75) is 46.0 Å². The van der Waals surface area contributed by atoms with Crippen LogP contribution in [-0.4, -0.2) is 9.13 Å². The summed E-state index contributed by atoms with van der Waals surface area (Å²) in [5.41, 5.74) is 21.6. The van der Waals surface area contributed by atoms with Gasteiger partial charge < -0.3 is 9.13 Å². The van der Waals surface area contributed by atoms with Gasteiger partial charge in [-0.2, -0.15) is 0 Å². The maximum atomic E-state index is 2.57. The summed E-state index contributed by atoms with van der Waals surface area (Å²) in [7, 11) is 0. The molecule has 0 spiro atoms. The number of fused-ring (bicyclic) bond motifs is 9. The van der Waals surface area contributed by atoms with Gasteiger partial charge in [-0.25, -0.2) is 0 Å². The monoisotopic (exact) mass is 694 g/mol. The van der Waals surface area contributed by atoms with E-state index in [1.54, 1.807) is 0 Å². The van der Waals surface area contributed by atoms with Crippen LogP contribution in [0.25, 0.3) is 72.4 Å². The first-order valence-corrected chi connectivity index (χ1v) is 19.7. The molecule has 3 aliphatic carbocycles. The number of rotatable bonds is 4. The van der Waals surface area contributed by atoms with Crippen LogP contribution in [0.3, 0.4) is 0 Å². The van der Waals surface area contributed by atoms with E-state index in [0.29, 0.717) is 5.92 Å². The molecule has 260 valence electrons. The Morgan fingerprint density at radius 2 is 1.20 bits per heavy atom. The molecule has 0 N–H and O–H groups in total. The summed E-state index contributed by atoms with van der Waals surface area (Å²) in [5, 5.41) is 4.02.